The molecule has 1 aliphatic heterocycles. The molecular weight excluding hydrogens is 253 g/mol. The molecule has 1 aromatic carbocycles. The average Bonchev–Trinajstić information content (AvgIpc) is 2.38. The van der Waals surface area contributed by atoms with Crippen LogP contribution in [0.5, 0.6) is 0 Å². The molecule has 1 atom stereocenters. The number of aryl methyl sites for hydroxylation is 1. The largest absolute Gasteiger partial charge is 0.479 e. The third-order valence-electron chi connectivity index (χ3n) is 3.05. The molecule has 0 aromatic heterocycles. The van der Waals surface area contributed by atoms with Crippen LogP contribution in [0.1, 0.15) is 15.9 Å². The molecule has 0 spiro atoms. The van der Waals surface area contributed by atoms with Crippen LogP contribution >= 0.6 is 0 Å². The van der Waals surface area contributed by atoms with Gasteiger partial charge in [0, 0.05) is 12.1 Å². The lowest BCUT2D eigenvalue weighted by Crippen LogP contribution is -2.48. The predicted octanol–water partition coefficient (Wildman–Crippen LogP) is 1.06. The summed E-state index contributed by atoms with van der Waals surface area (Å²) in [6, 6.07) is 3.91. The van der Waals surface area contributed by atoms with Gasteiger partial charge in [-0.15, -0.1) is 0 Å². The van der Waals surface area contributed by atoms with Gasteiger partial charge in [-0.25, -0.2) is 9.18 Å². The van der Waals surface area contributed by atoms with Crippen LogP contribution in [0, 0.1) is 12.7 Å². The lowest BCUT2D eigenvalue weighted by Gasteiger charge is -2.31. The van der Waals surface area contributed by atoms with E-state index in [0.29, 0.717) is 17.7 Å². The Kier molecular flexibility index (Phi) is 3.80. The first kappa shape index (κ1) is 13.5. The van der Waals surface area contributed by atoms with E-state index in [9.17, 15) is 14.0 Å². The molecule has 1 aromatic rings. The fourth-order valence-electron chi connectivity index (χ4n) is 2.02. The maximum atomic E-state index is 13.0. The second-order valence-corrected chi connectivity index (χ2v) is 4.41. The molecule has 1 N–H and O–H groups in total. The van der Waals surface area contributed by atoms with Crippen LogP contribution in [-0.4, -0.2) is 47.7 Å². The number of carbonyl (C=O) groups excluding carboxylic acids is 1. The molecule has 0 radical (unpaired) electrons. The molecule has 1 amide bonds. The van der Waals surface area contributed by atoms with Crippen LogP contribution in [0.3, 0.4) is 0 Å². The first-order chi connectivity index (χ1) is 8.99. The Morgan fingerprint density at radius 1 is 1.47 bits per heavy atom. The predicted molar refractivity (Wildman–Crippen MR) is 64.4 cm³/mol. The van der Waals surface area contributed by atoms with E-state index in [-0.39, 0.29) is 19.1 Å². The SMILES string of the molecule is Cc1cc(F)ccc1C(=O)N1CCOC(C(=O)O)C1. The van der Waals surface area contributed by atoms with E-state index in [1.807, 2.05) is 0 Å². The van der Waals surface area contributed by atoms with Crippen molar-refractivity contribution >= 4 is 11.9 Å². The first-order valence-corrected chi connectivity index (χ1v) is 5.89. The summed E-state index contributed by atoms with van der Waals surface area (Å²) in [4.78, 5) is 24.5. The van der Waals surface area contributed by atoms with Gasteiger partial charge in [-0.3, -0.25) is 4.79 Å². The summed E-state index contributed by atoms with van der Waals surface area (Å²) < 4.78 is 18.0. The fraction of sp³-hybridized carbons (Fsp3) is 0.385. The third-order valence-corrected chi connectivity index (χ3v) is 3.05. The molecule has 1 aliphatic rings. The molecule has 1 saturated heterocycles. The highest BCUT2D eigenvalue weighted by Crippen LogP contribution is 2.15. The minimum Gasteiger partial charge on any atom is -0.479 e. The van der Waals surface area contributed by atoms with E-state index in [4.69, 9.17) is 9.84 Å². The summed E-state index contributed by atoms with van der Waals surface area (Å²) in [6.45, 7) is 2.17. The van der Waals surface area contributed by atoms with Crippen LogP contribution < -0.4 is 0 Å². The van der Waals surface area contributed by atoms with Crippen molar-refractivity contribution in [3.63, 3.8) is 0 Å². The van der Waals surface area contributed by atoms with E-state index in [2.05, 4.69) is 0 Å². The second kappa shape index (κ2) is 5.36. The maximum absolute atomic E-state index is 13.0. The summed E-state index contributed by atoms with van der Waals surface area (Å²) in [5.41, 5.74) is 0.913. The number of ether oxygens (including phenoxy) is 1. The van der Waals surface area contributed by atoms with Crippen molar-refractivity contribution in [1.29, 1.82) is 0 Å². The molecule has 1 heterocycles. The summed E-state index contributed by atoms with van der Waals surface area (Å²) >= 11 is 0. The number of benzene rings is 1. The number of halogens is 1. The molecular formula is C13H14FNO4. The number of carboxylic acid groups (broad SMARTS) is 1. The number of morpholine rings is 1. The van der Waals surface area contributed by atoms with E-state index < -0.39 is 17.9 Å². The van der Waals surface area contributed by atoms with E-state index in [1.165, 1.54) is 23.1 Å². The third kappa shape index (κ3) is 2.90. The van der Waals surface area contributed by atoms with Gasteiger partial charge in [0.05, 0.1) is 13.2 Å². The second-order valence-electron chi connectivity index (χ2n) is 4.41. The van der Waals surface area contributed by atoms with Gasteiger partial charge in [-0.1, -0.05) is 0 Å². The van der Waals surface area contributed by atoms with Crippen LogP contribution in [0.15, 0.2) is 18.2 Å². The number of hydrogen-bond acceptors (Lipinski definition) is 3. The summed E-state index contributed by atoms with van der Waals surface area (Å²) in [6.07, 6.45) is -1.00. The highest BCUT2D eigenvalue weighted by Gasteiger charge is 2.29. The Morgan fingerprint density at radius 2 is 2.21 bits per heavy atom. The van der Waals surface area contributed by atoms with E-state index in [0.717, 1.165) is 0 Å². The van der Waals surface area contributed by atoms with Gasteiger partial charge >= 0.3 is 5.97 Å². The number of nitrogens with zero attached hydrogens (tertiary/aromatic N) is 1. The monoisotopic (exact) mass is 267 g/mol. The standard InChI is InChI=1S/C13H14FNO4/c1-8-6-9(14)2-3-10(8)12(16)15-4-5-19-11(7-15)13(17)18/h2-3,6,11H,4-5,7H2,1H3,(H,17,18). The van der Waals surface area contributed by atoms with E-state index in [1.54, 1.807) is 6.92 Å². The molecule has 19 heavy (non-hydrogen) atoms. The van der Waals surface area contributed by atoms with Crippen molar-refractivity contribution in [2.75, 3.05) is 19.7 Å². The van der Waals surface area contributed by atoms with Crippen LogP contribution in [0.25, 0.3) is 0 Å². The van der Waals surface area contributed by atoms with E-state index >= 15 is 0 Å². The minimum absolute atomic E-state index is 0.00494. The number of aliphatic carboxylic acids is 1. The zero-order chi connectivity index (χ0) is 14.0. The summed E-state index contributed by atoms with van der Waals surface area (Å²) in [5, 5.41) is 8.89. The average molecular weight is 267 g/mol. The van der Waals surface area contributed by atoms with Gasteiger partial charge in [-0.2, -0.15) is 0 Å². The zero-order valence-electron chi connectivity index (χ0n) is 10.4. The zero-order valence-corrected chi connectivity index (χ0v) is 10.4. The molecule has 1 unspecified atom stereocenters. The normalized spacial score (nSPS) is 19.3. The van der Waals surface area contributed by atoms with Crippen molar-refractivity contribution in [3.05, 3.63) is 35.1 Å². The van der Waals surface area contributed by atoms with Gasteiger partial charge in [0.15, 0.2) is 6.10 Å². The Morgan fingerprint density at radius 3 is 2.84 bits per heavy atom. The smallest absolute Gasteiger partial charge is 0.334 e. The molecule has 0 aliphatic carbocycles. The van der Waals surface area contributed by atoms with Gasteiger partial charge in [0.1, 0.15) is 5.82 Å². The molecule has 102 valence electrons. The number of hydrogen-bond donors (Lipinski definition) is 1. The van der Waals surface area contributed by atoms with Gasteiger partial charge in [0.2, 0.25) is 0 Å². The van der Waals surface area contributed by atoms with Gasteiger partial charge < -0.3 is 14.7 Å². The highest BCUT2D eigenvalue weighted by molar-refractivity contribution is 5.96. The number of carboxylic acids is 1. The van der Waals surface area contributed by atoms with Gasteiger partial charge in [0.25, 0.3) is 5.91 Å². The summed E-state index contributed by atoms with van der Waals surface area (Å²) in [7, 11) is 0. The van der Waals surface area contributed by atoms with Crippen molar-refractivity contribution in [3.8, 4) is 0 Å². The van der Waals surface area contributed by atoms with Gasteiger partial charge in [-0.05, 0) is 30.7 Å². The molecule has 0 saturated carbocycles. The van der Waals surface area contributed by atoms with Crippen molar-refractivity contribution in [1.82, 2.24) is 4.90 Å². The summed E-state index contributed by atoms with van der Waals surface area (Å²) in [5.74, 6) is -1.79. The Bertz CT molecular complexity index is 517. The van der Waals surface area contributed by atoms with Crippen LogP contribution in [0.2, 0.25) is 0 Å². The Hall–Kier alpha value is -1.95. The maximum Gasteiger partial charge on any atom is 0.334 e. The lowest BCUT2D eigenvalue weighted by atomic mass is 10.1. The molecule has 1 fully saturated rings. The minimum atomic E-state index is -1.09. The molecule has 5 nitrogen and oxygen atoms in total. The first-order valence-electron chi connectivity index (χ1n) is 5.89. The van der Waals surface area contributed by atoms with Crippen molar-refractivity contribution < 1.29 is 23.8 Å². The Labute approximate surface area is 109 Å². The number of carbonyl (C=O) groups is 2. The van der Waals surface area contributed by atoms with Crippen molar-refractivity contribution in [2.24, 2.45) is 0 Å². The lowest BCUT2D eigenvalue weighted by molar-refractivity contribution is -0.154. The topological polar surface area (TPSA) is 66.8 Å². The molecule has 2 rings (SSSR count). The molecule has 6 heteroatoms. The number of rotatable bonds is 2. The van der Waals surface area contributed by atoms with Crippen molar-refractivity contribution in [2.45, 2.75) is 13.0 Å². The molecule has 0 bridgehead atoms. The fourth-order valence-corrected chi connectivity index (χ4v) is 2.02. The number of amides is 1. The van der Waals surface area contributed by atoms with Crippen LogP contribution in [-0.2, 0) is 9.53 Å². The van der Waals surface area contributed by atoms with Crippen LogP contribution in [0.4, 0.5) is 4.39 Å². The quantitative estimate of drug-likeness (QED) is 0.870. The Balaban J connectivity index is 2.17. The highest BCUT2D eigenvalue weighted by atomic mass is 19.1.